The van der Waals surface area contributed by atoms with E-state index in [1.165, 1.54) is 18.6 Å². The standard InChI is InChI=1S/C17H22FNO/c1-3-16(20)17-14(11-4-6-12(18)7-5-11)10-13-8-9-15(17)19(13)2/h4-7,13-15,17H,3,8-10H2,1-2H3/t13?,14-,15?,17-/m0/s1. The van der Waals surface area contributed by atoms with Crippen molar-refractivity contribution < 1.29 is 9.18 Å². The number of halogens is 1. The molecule has 3 heteroatoms. The predicted molar refractivity (Wildman–Crippen MR) is 77.1 cm³/mol. The van der Waals surface area contributed by atoms with Crippen LogP contribution in [0.4, 0.5) is 4.39 Å². The number of fused-ring (bicyclic) bond motifs is 2. The Balaban J connectivity index is 1.95. The molecule has 2 heterocycles. The smallest absolute Gasteiger partial charge is 0.137 e. The molecular formula is C17H22FNO. The molecule has 2 unspecified atom stereocenters. The second kappa shape index (κ2) is 5.28. The number of carbonyl (C=O) groups is 1. The second-order valence-corrected chi connectivity index (χ2v) is 6.20. The van der Waals surface area contributed by atoms with Crippen molar-refractivity contribution in [1.29, 1.82) is 0 Å². The molecule has 2 bridgehead atoms. The van der Waals surface area contributed by atoms with Crippen molar-refractivity contribution in [3.8, 4) is 0 Å². The first-order valence-electron chi connectivity index (χ1n) is 7.62. The van der Waals surface area contributed by atoms with Gasteiger partial charge in [0.2, 0.25) is 0 Å². The largest absolute Gasteiger partial charge is 0.300 e. The number of carbonyl (C=O) groups excluding carboxylic acids is 1. The SMILES string of the molecule is CCC(=O)[C@@H]1C2CCC(C[C@H]1c1ccc(F)cc1)N2C. The van der Waals surface area contributed by atoms with Crippen molar-refractivity contribution >= 4 is 5.78 Å². The normalized spacial score (nSPS) is 33.4. The molecule has 3 rings (SSSR count). The molecule has 4 atom stereocenters. The Morgan fingerprint density at radius 2 is 2.00 bits per heavy atom. The molecule has 0 spiro atoms. The number of piperidine rings is 1. The molecule has 20 heavy (non-hydrogen) atoms. The molecule has 108 valence electrons. The topological polar surface area (TPSA) is 20.3 Å². The summed E-state index contributed by atoms with van der Waals surface area (Å²) in [6, 6.07) is 7.71. The third-order valence-corrected chi connectivity index (χ3v) is 5.29. The van der Waals surface area contributed by atoms with Crippen LogP contribution in [0.5, 0.6) is 0 Å². The summed E-state index contributed by atoms with van der Waals surface area (Å²) in [6.45, 7) is 1.95. The van der Waals surface area contributed by atoms with Gasteiger partial charge in [0.25, 0.3) is 0 Å². The van der Waals surface area contributed by atoms with Crippen molar-refractivity contribution in [3.63, 3.8) is 0 Å². The predicted octanol–water partition coefficient (Wildman–Crippen LogP) is 3.37. The van der Waals surface area contributed by atoms with Crippen molar-refractivity contribution in [2.24, 2.45) is 5.92 Å². The highest BCUT2D eigenvalue weighted by Crippen LogP contribution is 2.46. The number of Topliss-reactive ketones (excluding diaryl/α,β-unsaturated/α-hetero) is 1. The average molecular weight is 275 g/mol. The van der Waals surface area contributed by atoms with E-state index in [9.17, 15) is 9.18 Å². The van der Waals surface area contributed by atoms with E-state index in [4.69, 9.17) is 0 Å². The van der Waals surface area contributed by atoms with Gasteiger partial charge in [-0.15, -0.1) is 0 Å². The van der Waals surface area contributed by atoms with Gasteiger partial charge in [-0.1, -0.05) is 19.1 Å². The number of hydrogen-bond acceptors (Lipinski definition) is 2. The van der Waals surface area contributed by atoms with Crippen LogP contribution in [-0.4, -0.2) is 29.8 Å². The number of nitrogens with zero attached hydrogens (tertiary/aromatic N) is 1. The van der Waals surface area contributed by atoms with Gasteiger partial charge in [-0.25, -0.2) is 4.39 Å². The Kier molecular flexibility index (Phi) is 3.63. The summed E-state index contributed by atoms with van der Waals surface area (Å²) in [5.74, 6) is 0.491. The van der Waals surface area contributed by atoms with Gasteiger partial charge in [0.15, 0.2) is 0 Å². The van der Waals surface area contributed by atoms with Crippen LogP contribution in [-0.2, 0) is 4.79 Å². The molecular weight excluding hydrogens is 253 g/mol. The minimum Gasteiger partial charge on any atom is -0.300 e. The molecule has 2 nitrogen and oxygen atoms in total. The van der Waals surface area contributed by atoms with Crippen molar-refractivity contribution in [2.75, 3.05) is 7.05 Å². The lowest BCUT2D eigenvalue weighted by atomic mass is 9.73. The quantitative estimate of drug-likeness (QED) is 0.843. The van der Waals surface area contributed by atoms with Gasteiger partial charge in [-0.05, 0) is 49.9 Å². The average Bonchev–Trinajstić information content (AvgIpc) is 2.70. The molecule has 2 fully saturated rings. The van der Waals surface area contributed by atoms with E-state index in [1.807, 2.05) is 19.1 Å². The zero-order chi connectivity index (χ0) is 14.3. The van der Waals surface area contributed by atoms with Crippen LogP contribution in [0, 0.1) is 11.7 Å². The van der Waals surface area contributed by atoms with Gasteiger partial charge in [-0.2, -0.15) is 0 Å². The lowest BCUT2D eigenvalue weighted by Crippen LogP contribution is -2.48. The van der Waals surface area contributed by atoms with Gasteiger partial charge in [-0.3, -0.25) is 9.69 Å². The number of hydrogen-bond donors (Lipinski definition) is 0. The first kappa shape index (κ1) is 13.7. The Labute approximate surface area is 120 Å². The first-order valence-corrected chi connectivity index (χ1v) is 7.62. The van der Waals surface area contributed by atoms with E-state index in [0.29, 0.717) is 24.3 Å². The number of ketones is 1. The second-order valence-electron chi connectivity index (χ2n) is 6.20. The maximum absolute atomic E-state index is 13.1. The fourth-order valence-electron chi connectivity index (χ4n) is 4.19. The number of benzene rings is 1. The third kappa shape index (κ3) is 2.18. The fraction of sp³-hybridized carbons (Fsp3) is 0.588. The van der Waals surface area contributed by atoms with E-state index in [-0.39, 0.29) is 17.7 Å². The summed E-state index contributed by atoms with van der Waals surface area (Å²) in [7, 11) is 2.15. The molecule has 1 aromatic rings. The Morgan fingerprint density at radius 1 is 1.30 bits per heavy atom. The summed E-state index contributed by atoms with van der Waals surface area (Å²) >= 11 is 0. The van der Waals surface area contributed by atoms with E-state index in [0.717, 1.165) is 18.4 Å². The zero-order valence-electron chi connectivity index (χ0n) is 12.2. The monoisotopic (exact) mass is 275 g/mol. The van der Waals surface area contributed by atoms with E-state index in [1.54, 1.807) is 0 Å². The summed E-state index contributed by atoms with van der Waals surface area (Å²) in [5, 5.41) is 0. The number of rotatable bonds is 3. The molecule has 0 aromatic heterocycles. The molecule has 0 aliphatic carbocycles. The lowest BCUT2D eigenvalue weighted by molar-refractivity contribution is -0.126. The van der Waals surface area contributed by atoms with Crippen LogP contribution < -0.4 is 0 Å². The minimum atomic E-state index is -0.206. The van der Waals surface area contributed by atoms with Gasteiger partial charge in [0.1, 0.15) is 11.6 Å². The summed E-state index contributed by atoms with van der Waals surface area (Å²) in [4.78, 5) is 14.9. The van der Waals surface area contributed by atoms with Crippen molar-refractivity contribution in [2.45, 2.75) is 50.6 Å². The Morgan fingerprint density at radius 3 is 2.65 bits per heavy atom. The van der Waals surface area contributed by atoms with Crippen LogP contribution in [0.2, 0.25) is 0 Å². The summed E-state index contributed by atoms with van der Waals surface area (Å²) < 4.78 is 13.1. The molecule has 0 radical (unpaired) electrons. The van der Waals surface area contributed by atoms with E-state index >= 15 is 0 Å². The van der Waals surface area contributed by atoms with Gasteiger partial charge in [0, 0.05) is 24.4 Å². The Bertz CT molecular complexity index is 498. The van der Waals surface area contributed by atoms with Gasteiger partial charge < -0.3 is 0 Å². The van der Waals surface area contributed by atoms with Crippen molar-refractivity contribution in [1.82, 2.24) is 4.90 Å². The first-order chi connectivity index (χ1) is 9.61. The highest BCUT2D eigenvalue weighted by molar-refractivity contribution is 5.82. The lowest BCUT2D eigenvalue weighted by Gasteiger charge is -2.42. The Hall–Kier alpha value is -1.22. The van der Waals surface area contributed by atoms with Gasteiger partial charge >= 0.3 is 0 Å². The highest BCUT2D eigenvalue weighted by Gasteiger charge is 2.48. The van der Waals surface area contributed by atoms with Crippen LogP contribution in [0.25, 0.3) is 0 Å². The maximum atomic E-state index is 13.1. The summed E-state index contributed by atoms with van der Waals surface area (Å²) in [6.07, 6.45) is 3.92. The maximum Gasteiger partial charge on any atom is 0.137 e. The van der Waals surface area contributed by atoms with Crippen LogP contribution in [0.15, 0.2) is 24.3 Å². The van der Waals surface area contributed by atoms with Crippen LogP contribution in [0.3, 0.4) is 0 Å². The molecule has 0 N–H and O–H groups in total. The minimum absolute atomic E-state index is 0.0780. The van der Waals surface area contributed by atoms with Crippen LogP contribution >= 0.6 is 0 Å². The highest BCUT2D eigenvalue weighted by atomic mass is 19.1. The summed E-state index contributed by atoms with van der Waals surface area (Å²) in [5.41, 5.74) is 1.13. The van der Waals surface area contributed by atoms with E-state index in [2.05, 4.69) is 11.9 Å². The van der Waals surface area contributed by atoms with Gasteiger partial charge in [0.05, 0.1) is 0 Å². The van der Waals surface area contributed by atoms with Crippen molar-refractivity contribution in [3.05, 3.63) is 35.6 Å². The fourth-order valence-corrected chi connectivity index (χ4v) is 4.19. The van der Waals surface area contributed by atoms with E-state index < -0.39 is 0 Å². The molecule has 2 aliphatic heterocycles. The molecule has 0 amide bonds. The molecule has 2 saturated heterocycles. The third-order valence-electron chi connectivity index (χ3n) is 5.29. The van der Waals surface area contributed by atoms with Crippen LogP contribution in [0.1, 0.15) is 44.1 Å². The zero-order valence-corrected chi connectivity index (χ0v) is 12.2. The molecule has 2 aliphatic rings. The molecule has 0 saturated carbocycles. The molecule has 1 aromatic carbocycles.